The smallest absolute Gasteiger partial charge is 0.00855 e. The Morgan fingerprint density at radius 2 is 1.72 bits per heavy atom. The number of allylic oxidation sites excluding steroid dienone is 2. The monoisotopic (exact) mass is 242 g/mol. The van der Waals surface area contributed by atoms with Crippen molar-refractivity contribution in [3.8, 4) is 0 Å². The van der Waals surface area contributed by atoms with Crippen LogP contribution < -0.4 is 0 Å². The van der Waals surface area contributed by atoms with Crippen LogP contribution in [0.4, 0.5) is 0 Å². The van der Waals surface area contributed by atoms with Gasteiger partial charge in [-0.1, -0.05) is 57.4 Å². The zero-order valence-corrected chi connectivity index (χ0v) is 12.5. The summed E-state index contributed by atoms with van der Waals surface area (Å²) in [5.41, 5.74) is 7.70. The van der Waals surface area contributed by atoms with Crippen LogP contribution in [0.15, 0.2) is 23.8 Å². The van der Waals surface area contributed by atoms with Crippen molar-refractivity contribution in [2.75, 3.05) is 0 Å². The molecule has 0 nitrogen and oxygen atoms in total. The summed E-state index contributed by atoms with van der Waals surface area (Å²) in [6, 6.07) is 7.10. The minimum absolute atomic E-state index is 0.668. The fraction of sp³-hybridized carbons (Fsp3) is 0.556. The molecule has 1 aliphatic rings. The molecule has 98 valence electrons. The molecule has 0 bridgehead atoms. The number of rotatable bonds is 4. The van der Waals surface area contributed by atoms with Crippen LogP contribution in [0.25, 0.3) is 5.57 Å². The molecule has 0 fully saturated rings. The first-order valence-corrected chi connectivity index (χ1v) is 7.44. The van der Waals surface area contributed by atoms with E-state index in [0.717, 1.165) is 12.3 Å². The zero-order valence-electron chi connectivity index (χ0n) is 12.5. The van der Waals surface area contributed by atoms with Gasteiger partial charge in [-0.25, -0.2) is 0 Å². The minimum Gasteiger partial charge on any atom is -0.0651 e. The molecule has 2 rings (SSSR count). The fourth-order valence-electron chi connectivity index (χ4n) is 3.48. The summed E-state index contributed by atoms with van der Waals surface area (Å²) < 4.78 is 0. The molecule has 0 amide bonds. The second-order valence-electron chi connectivity index (χ2n) is 5.64. The molecule has 1 unspecified atom stereocenters. The van der Waals surface area contributed by atoms with Gasteiger partial charge in [-0.05, 0) is 48.4 Å². The Hall–Kier alpha value is -1.04. The maximum atomic E-state index is 2.46. The normalized spacial score (nSPS) is 18.7. The molecule has 18 heavy (non-hydrogen) atoms. The molecule has 1 aliphatic carbocycles. The Bertz CT molecular complexity index is 461. The van der Waals surface area contributed by atoms with Crippen LogP contribution in [-0.4, -0.2) is 0 Å². The average Bonchev–Trinajstić information content (AvgIpc) is 2.65. The van der Waals surface area contributed by atoms with E-state index in [9.17, 15) is 0 Å². The Labute approximate surface area is 112 Å². The van der Waals surface area contributed by atoms with Crippen molar-refractivity contribution in [3.05, 3.63) is 40.5 Å². The van der Waals surface area contributed by atoms with Crippen LogP contribution >= 0.6 is 0 Å². The predicted molar refractivity (Wildman–Crippen MR) is 80.9 cm³/mol. The van der Waals surface area contributed by atoms with E-state index in [1.165, 1.54) is 29.5 Å². The van der Waals surface area contributed by atoms with Gasteiger partial charge in [-0.15, -0.1) is 0 Å². The Kier molecular flexibility index (Phi) is 3.94. The topological polar surface area (TPSA) is 0 Å². The number of benzene rings is 1. The molecular formula is C18H26. The summed E-state index contributed by atoms with van der Waals surface area (Å²) in [5, 5.41) is 0. The van der Waals surface area contributed by atoms with Crippen molar-refractivity contribution in [1.82, 2.24) is 0 Å². The van der Waals surface area contributed by atoms with Crippen molar-refractivity contribution < 1.29 is 0 Å². The number of hydrogen-bond acceptors (Lipinski definition) is 0. The lowest BCUT2D eigenvalue weighted by atomic mass is 9.80. The molecule has 1 aromatic carbocycles. The van der Waals surface area contributed by atoms with Crippen LogP contribution in [0.5, 0.6) is 0 Å². The van der Waals surface area contributed by atoms with Crippen molar-refractivity contribution >= 4 is 5.57 Å². The molecule has 0 radical (unpaired) electrons. The van der Waals surface area contributed by atoms with Gasteiger partial charge in [-0.2, -0.15) is 0 Å². The van der Waals surface area contributed by atoms with E-state index in [-0.39, 0.29) is 0 Å². The second-order valence-corrected chi connectivity index (χ2v) is 5.64. The maximum Gasteiger partial charge on any atom is 0.00855 e. The summed E-state index contributed by atoms with van der Waals surface area (Å²) in [7, 11) is 0. The van der Waals surface area contributed by atoms with Crippen LogP contribution in [0.1, 0.15) is 70.1 Å². The number of aryl methyl sites for hydroxylation is 1. The van der Waals surface area contributed by atoms with E-state index in [1.807, 2.05) is 0 Å². The van der Waals surface area contributed by atoms with Crippen molar-refractivity contribution in [1.29, 1.82) is 0 Å². The summed E-state index contributed by atoms with van der Waals surface area (Å²) in [5.74, 6) is 1.47. The van der Waals surface area contributed by atoms with Gasteiger partial charge >= 0.3 is 0 Å². The van der Waals surface area contributed by atoms with E-state index < -0.39 is 0 Å². The van der Waals surface area contributed by atoms with Gasteiger partial charge in [0.25, 0.3) is 0 Å². The van der Waals surface area contributed by atoms with Crippen molar-refractivity contribution in [2.45, 2.75) is 59.8 Å². The van der Waals surface area contributed by atoms with E-state index in [4.69, 9.17) is 0 Å². The first kappa shape index (κ1) is 13.4. The van der Waals surface area contributed by atoms with Crippen molar-refractivity contribution in [3.63, 3.8) is 0 Å². The van der Waals surface area contributed by atoms with Crippen LogP contribution in [0, 0.1) is 5.92 Å². The van der Waals surface area contributed by atoms with Crippen LogP contribution in [-0.2, 0) is 6.42 Å². The highest BCUT2D eigenvalue weighted by atomic mass is 14.3. The van der Waals surface area contributed by atoms with E-state index >= 15 is 0 Å². The summed E-state index contributed by atoms with van der Waals surface area (Å²) in [6.07, 6.45) is 3.70. The summed E-state index contributed by atoms with van der Waals surface area (Å²) in [4.78, 5) is 0. The average molecular weight is 242 g/mol. The van der Waals surface area contributed by atoms with Gasteiger partial charge in [0.1, 0.15) is 0 Å². The highest BCUT2D eigenvalue weighted by Gasteiger charge is 2.31. The van der Waals surface area contributed by atoms with Gasteiger partial charge in [0.15, 0.2) is 0 Å². The summed E-state index contributed by atoms with van der Waals surface area (Å²) in [6.45, 7) is 11.5. The molecule has 0 aliphatic heterocycles. The fourth-order valence-corrected chi connectivity index (χ4v) is 3.48. The largest absolute Gasteiger partial charge is 0.0651 e. The van der Waals surface area contributed by atoms with Crippen molar-refractivity contribution in [2.24, 2.45) is 5.92 Å². The lowest BCUT2D eigenvalue weighted by molar-refractivity contribution is 0.437. The Morgan fingerprint density at radius 1 is 1.06 bits per heavy atom. The van der Waals surface area contributed by atoms with E-state index in [1.54, 1.807) is 11.1 Å². The molecule has 1 atom stereocenters. The molecule has 0 heterocycles. The molecule has 0 spiro atoms. The van der Waals surface area contributed by atoms with Gasteiger partial charge in [0.05, 0.1) is 0 Å². The first-order valence-electron chi connectivity index (χ1n) is 7.44. The molecule has 0 saturated heterocycles. The Morgan fingerprint density at radius 3 is 2.28 bits per heavy atom. The highest BCUT2D eigenvalue weighted by Crippen LogP contribution is 2.47. The second kappa shape index (κ2) is 5.30. The number of fused-ring (bicyclic) bond motifs is 1. The maximum absolute atomic E-state index is 2.46. The first-order chi connectivity index (χ1) is 8.63. The highest BCUT2D eigenvalue weighted by molar-refractivity contribution is 5.77. The third-order valence-electron chi connectivity index (χ3n) is 4.84. The lowest BCUT2D eigenvalue weighted by Gasteiger charge is -2.24. The number of hydrogen-bond donors (Lipinski definition) is 0. The quantitative estimate of drug-likeness (QED) is 0.647. The van der Waals surface area contributed by atoms with Crippen LogP contribution in [0.3, 0.4) is 0 Å². The Balaban J connectivity index is 2.51. The lowest BCUT2D eigenvalue weighted by Crippen LogP contribution is -2.11. The molecule has 0 saturated carbocycles. The SMILES string of the molecule is CCc1ccc2c(c1)C(C(CC)CC)C(C)=C2C. The molecule has 0 heteroatoms. The molecular weight excluding hydrogens is 216 g/mol. The minimum atomic E-state index is 0.668. The molecule has 1 aromatic rings. The third kappa shape index (κ3) is 2.02. The van der Waals surface area contributed by atoms with Gasteiger partial charge in [0, 0.05) is 5.92 Å². The predicted octanol–water partition coefficient (Wildman–Crippen LogP) is 5.58. The molecule has 0 aromatic heterocycles. The van der Waals surface area contributed by atoms with Gasteiger partial charge in [-0.3, -0.25) is 0 Å². The third-order valence-corrected chi connectivity index (χ3v) is 4.84. The van der Waals surface area contributed by atoms with E-state index in [0.29, 0.717) is 5.92 Å². The summed E-state index contributed by atoms with van der Waals surface area (Å²) >= 11 is 0. The van der Waals surface area contributed by atoms with Crippen LogP contribution in [0.2, 0.25) is 0 Å². The van der Waals surface area contributed by atoms with Gasteiger partial charge in [0.2, 0.25) is 0 Å². The van der Waals surface area contributed by atoms with E-state index in [2.05, 4.69) is 52.8 Å². The molecule has 0 N–H and O–H groups in total. The zero-order chi connectivity index (χ0) is 13.3. The standard InChI is InChI=1S/C18H26/c1-6-14-9-10-16-12(4)13(5)18(17(16)11-14)15(7-2)8-3/h9-11,15,18H,6-8H2,1-5H3. The van der Waals surface area contributed by atoms with Gasteiger partial charge < -0.3 is 0 Å².